The molecule has 1 aromatic carbocycles. The lowest BCUT2D eigenvalue weighted by molar-refractivity contribution is -0.127. The van der Waals surface area contributed by atoms with Crippen molar-refractivity contribution in [2.24, 2.45) is 5.41 Å². The predicted molar refractivity (Wildman–Crippen MR) is 139 cm³/mol. The van der Waals surface area contributed by atoms with E-state index < -0.39 is 11.5 Å². The number of amides is 4. The first-order chi connectivity index (χ1) is 16.9. The van der Waals surface area contributed by atoms with Gasteiger partial charge >= 0.3 is 6.09 Å². The van der Waals surface area contributed by atoms with Gasteiger partial charge in [-0.05, 0) is 50.8 Å². The van der Waals surface area contributed by atoms with E-state index >= 15 is 0 Å². The molecule has 0 radical (unpaired) electrons. The summed E-state index contributed by atoms with van der Waals surface area (Å²) in [4.78, 5) is 55.1. The maximum Gasteiger partial charge on any atom is 0.407 e. The third-order valence-electron chi connectivity index (χ3n) is 6.98. The summed E-state index contributed by atoms with van der Waals surface area (Å²) in [6, 6.07) is 3.00. The molecule has 0 aliphatic carbocycles. The van der Waals surface area contributed by atoms with E-state index in [4.69, 9.17) is 11.6 Å². The summed E-state index contributed by atoms with van der Waals surface area (Å²) in [5, 5.41) is 12.6. The smallest absolute Gasteiger partial charge is 0.407 e. The molecule has 0 aromatic heterocycles. The molecule has 1 aromatic rings. The average molecular weight is 521 g/mol. The number of benzene rings is 1. The third-order valence-corrected chi connectivity index (χ3v) is 7.29. The fourth-order valence-corrected chi connectivity index (χ4v) is 5.42. The lowest BCUT2D eigenvalue weighted by atomic mass is 9.79. The van der Waals surface area contributed by atoms with Crippen LogP contribution in [0.1, 0.15) is 69.8 Å². The first-order valence-electron chi connectivity index (χ1n) is 12.6. The Labute approximate surface area is 217 Å². The number of fused-ring (bicyclic) bond motifs is 1. The van der Waals surface area contributed by atoms with Crippen molar-refractivity contribution in [2.75, 3.05) is 31.1 Å². The number of nitrogens with one attached hydrogen (secondary N) is 1. The topological polar surface area (TPSA) is 110 Å². The van der Waals surface area contributed by atoms with Gasteiger partial charge < -0.3 is 25.1 Å². The molecule has 0 saturated carbocycles. The number of rotatable bonds is 7. The van der Waals surface area contributed by atoms with Crippen LogP contribution >= 0.6 is 11.6 Å². The van der Waals surface area contributed by atoms with Gasteiger partial charge in [-0.1, -0.05) is 32.4 Å². The van der Waals surface area contributed by atoms with Crippen molar-refractivity contribution in [2.45, 2.75) is 72.4 Å². The SMILES string of the molecule is CCC(=O)NCCN1C(=O)C(C)(C)Cc2cc(Cl)c(C(=O)N(C(C)C)[C@@H]3CCCN(C(=O)O)C3)cc21. The van der Waals surface area contributed by atoms with Gasteiger partial charge in [-0.2, -0.15) is 0 Å². The van der Waals surface area contributed by atoms with E-state index in [1.807, 2.05) is 27.7 Å². The fourth-order valence-electron chi connectivity index (χ4n) is 5.16. The zero-order valence-corrected chi connectivity index (χ0v) is 22.5. The minimum Gasteiger partial charge on any atom is -0.465 e. The third kappa shape index (κ3) is 5.77. The van der Waals surface area contributed by atoms with Gasteiger partial charge in [0.25, 0.3) is 5.91 Å². The molecule has 4 amide bonds. The Morgan fingerprint density at radius 1 is 1.28 bits per heavy atom. The Hall–Kier alpha value is -2.81. The summed E-state index contributed by atoms with van der Waals surface area (Å²) in [7, 11) is 0. The van der Waals surface area contributed by atoms with Crippen LogP contribution in [-0.4, -0.2) is 77.0 Å². The van der Waals surface area contributed by atoms with Crippen molar-refractivity contribution in [1.82, 2.24) is 15.1 Å². The van der Waals surface area contributed by atoms with Crippen molar-refractivity contribution >= 4 is 41.1 Å². The fraction of sp³-hybridized carbons (Fsp3) is 0.615. The number of carboxylic acid groups (broad SMARTS) is 1. The predicted octanol–water partition coefficient (Wildman–Crippen LogP) is 3.77. The Morgan fingerprint density at radius 3 is 2.58 bits per heavy atom. The Bertz CT molecular complexity index is 1040. The minimum absolute atomic E-state index is 0.0773. The second-order valence-electron chi connectivity index (χ2n) is 10.5. The largest absolute Gasteiger partial charge is 0.465 e. The quantitative estimate of drug-likeness (QED) is 0.568. The molecule has 2 aliphatic heterocycles. The summed E-state index contributed by atoms with van der Waals surface area (Å²) in [5.41, 5.74) is 1.13. The zero-order valence-electron chi connectivity index (χ0n) is 21.8. The van der Waals surface area contributed by atoms with E-state index in [1.54, 1.807) is 28.9 Å². The summed E-state index contributed by atoms with van der Waals surface area (Å²) >= 11 is 6.65. The molecule has 2 aliphatic rings. The number of carbonyl (C=O) groups is 4. The van der Waals surface area contributed by atoms with Gasteiger partial charge in [0, 0.05) is 49.7 Å². The molecule has 2 heterocycles. The molecule has 1 atom stereocenters. The normalized spacial score (nSPS) is 19.2. The van der Waals surface area contributed by atoms with Crippen molar-refractivity contribution in [1.29, 1.82) is 0 Å². The van der Waals surface area contributed by atoms with Crippen LogP contribution in [0.25, 0.3) is 0 Å². The van der Waals surface area contributed by atoms with E-state index in [2.05, 4.69) is 5.32 Å². The number of hydrogen-bond acceptors (Lipinski definition) is 4. The maximum absolute atomic E-state index is 13.8. The Balaban J connectivity index is 1.96. The molecule has 1 saturated heterocycles. The highest BCUT2D eigenvalue weighted by atomic mass is 35.5. The van der Waals surface area contributed by atoms with E-state index in [-0.39, 0.29) is 48.5 Å². The number of hydrogen-bond donors (Lipinski definition) is 2. The minimum atomic E-state index is -0.991. The van der Waals surface area contributed by atoms with Crippen LogP contribution in [0.4, 0.5) is 10.5 Å². The van der Waals surface area contributed by atoms with Crippen LogP contribution in [0.5, 0.6) is 0 Å². The summed E-state index contributed by atoms with van der Waals surface area (Å²) in [5.74, 6) is -0.459. The zero-order chi connectivity index (χ0) is 26.8. The first-order valence-corrected chi connectivity index (χ1v) is 13.0. The van der Waals surface area contributed by atoms with Gasteiger partial charge in [0.15, 0.2) is 0 Å². The number of carbonyl (C=O) groups excluding carboxylic acids is 3. The second-order valence-corrected chi connectivity index (χ2v) is 10.9. The van der Waals surface area contributed by atoms with Gasteiger partial charge in [-0.15, -0.1) is 0 Å². The molecule has 9 nitrogen and oxygen atoms in total. The van der Waals surface area contributed by atoms with Crippen LogP contribution in [-0.2, 0) is 16.0 Å². The second kappa shape index (κ2) is 11.1. The first kappa shape index (κ1) is 27.8. The molecule has 0 unspecified atom stereocenters. The molecule has 10 heteroatoms. The summed E-state index contributed by atoms with van der Waals surface area (Å²) in [6.07, 6.45) is 1.22. The lowest BCUT2D eigenvalue weighted by Crippen LogP contribution is -2.54. The molecule has 1 fully saturated rings. The lowest BCUT2D eigenvalue weighted by Gasteiger charge is -2.41. The van der Waals surface area contributed by atoms with Crippen LogP contribution in [0.2, 0.25) is 5.02 Å². The van der Waals surface area contributed by atoms with Crippen LogP contribution in [0.3, 0.4) is 0 Å². The van der Waals surface area contributed by atoms with Crippen molar-refractivity contribution in [3.63, 3.8) is 0 Å². The monoisotopic (exact) mass is 520 g/mol. The number of likely N-dealkylation sites (tertiary alicyclic amines) is 1. The highest BCUT2D eigenvalue weighted by Gasteiger charge is 2.40. The summed E-state index contributed by atoms with van der Waals surface area (Å²) < 4.78 is 0. The highest BCUT2D eigenvalue weighted by molar-refractivity contribution is 6.34. The van der Waals surface area contributed by atoms with E-state index in [0.717, 1.165) is 5.56 Å². The number of piperidine rings is 1. The number of nitrogens with zero attached hydrogens (tertiary/aromatic N) is 3. The molecule has 2 N–H and O–H groups in total. The Kier molecular flexibility index (Phi) is 8.54. The van der Waals surface area contributed by atoms with Crippen molar-refractivity contribution in [3.05, 3.63) is 28.3 Å². The molecule has 36 heavy (non-hydrogen) atoms. The van der Waals surface area contributed by atoms with Crippen LogP contribution in [0, 0.1) is 5.41 Å². The van der Waals surface area contributed by atoms with Crippen molar-refractivity contribution < 1.29 is 24.3 Å². The molecule has 3 rings (SSSR count). The highest BCUT2D eigenvalue weighted by Crippen LogP contribution is 2.40. The van der Waals surface area contributed by atoms with Crippen LogP contribution in [0.15, 0.2) is 12.1 Å². The number of anilines is 1. The van der Waals surface area contributed by atoms with E-state index in [9.17, 15) is 24.3 Å². The van der Waals surface area contributed by atoms with Crippen molar-refractivity contribution in [3.8, 4) is 0 Å². The van der Waals surface area contributed by atoms with Gasteiger partial charge in [-0.3, -0.25) is 14.4 Å². The van der Waals surface area contributed by atoms with Gasteiger partial charge in [-0.25, -0.2) is 4.79 Å². The summed E-state index contributed by atoms with van der Waals surface area (Å²) in [6.45, 7) is 10.6. The molecule has 0 bridgehead atoms. The molecule has 198 valence electrons. The van der Waals surface area contributed by atoms with Gasteiger partial charge in [0.05, 0.1) is 16.6 Å². The van der Waals surface area contributed by atoms with Crippen LogP contribution < -0.4 is 10.2 Å². The van der Waals surface area contributed by atoms with E-state index in [1.165, 1.54) is 4.90 Å². The molecule has 0 spiro atoms. The number of halogens is 1. The standard InChI is InChI=1S/C26H37ClN4O5/c1-6-22(32)28-9-11-30-21-13-19(20(27)12-17(21)14-26(4,5)24(30)34)23(33)31(16(2)3)18-8-7-10-29(15-18)25(35)36/h12-13,16,18H,6-11,14-15H2,1-5H3,(H,28,32)(H,35,36)/t18-/m1/s1. The van der Waals surface area contributed by atoms with Gasteiger partial charge in [0.1, 0.15) is 0 Å². The molecular weight excluding hydrogens is 484 g/mol. The van der Waals surface area contributed by atoms with E-state index in [0.29, 0.717) is 49.5 Å². The Morgan fingerprint density at radius 2 is 1.97 bits per heavy atom. The average Bonchev–Trinajstić information content (AvgIpc) is 2.80. The van der Waals surface area contributed by atoms with Gasteiger partial charge in [0.2, 0.25) is 11.8 Å². The maximum atomic E-state index is 13.8. The molecular formula is C26H37ClN4O5.